The molecule has 0 aromatic carbocycles. The van der Waals surface area contributed by atoms with Crippen molar-refractivity contribution in [3.05, 3.63) is 46.0 Å². The lowest BCUT2D eigenvalue weighted by Gasteiger charge is -2.32. The third-order valence-electron chi connectivity index (χ3n) is 3.50. The molecule has 0 spiro atoms. The van der Waals surface area contributed by atoms with Gasteiger partial charge in [-0.15, -0.1) is 11.3 Å². The van der Waals surface area contributed by atoms with Crippen LogP contribution in [0.4, 0.5) is 4.39 Å². The fourth-order valence-corrected chi connectivity index (χ4v) is 5.04. The molecule has 106 valence electrons. The number of hydrogen-bond acceptors (Lipinski definition) is 4. The summed E-state index contributed by atoms with van der Waals surface area (Å²) in [5, 5.41) is 1.46. The Labute approximate surface area is 120 Å². The number of hydrogen-bond donors (Lipinski definition) is 0. The van der Waals surface area contributed by atoms with Crippen molar-refractivity contribution >= 4 is 21.4 Å². The molecular weight excluding hydrogens is 299 g/mol. The second-order valence-corrected chi connectivity index (χ2v) is 7.44. The zero-order valence-corrected chi connectivity index (χ0v) is 12.4. The van der Waals surface area contributed by atoms with E-state index in [1.54, 1.807) is 11.3 Å². The number of sulfonamides is 1. The lowest BCUT2D eigenvalue weighted by atomic mass is 10.0. The summed E-state index contributed by atoms with van der Waals surface area (Å²) in [4.78, 5) is 4.90. The molecule has 0 radical (unpaired) electrons. The number of pyridine rings is 1. The SMILES string of the molecule is CC1c2ccsc2CCN1S(=O)(=O)c1ncccc1F. The van der Waals surface area contributed by atoms with Gasteiger partial charge in [0.15, 0.2) is 5.82 Å². The molecule has 0 amide bonds. The van der Waals surface area contributed by atoms with E-state index in [-0.39, 0.29) is 6.04 Å². The van der Waals surface area contributed by atoms with Gasteiger partial charge in [0.05, 0.1) is 0 Å². The topological polar surface area (TPSA) is 50.3 Å². The molecule has 2 aromatic heterocycles. The fraction of sp³-hybridized carbons (Fsp3) is 0.308. The maximum Gasteiger partial charge on any atom is 0.264 e. The van der Waals surface area contributed by atoms with Crippen LogP contribution < -0.4 is 0 Å². The molecule has 0 aliphatic carbocycles. The van der Waals surface area contributed by atoms with E-state index in [0.29, 0.717) is 13.0 Å². The number of thiophene rings is 1. The Bertz CT molecular complexity index is 742. The maximum atomic E-state index is 13.7. The molecule has 20 heavy (non-hydrogen) atoms. The molecule has 2 aromatic rings. The van der Waals surface area contributed by atoms with Gasteiger partial charge in [0, 0.05) is 23.7 Å². The molecule has 3 heterocycles. The maximum absolute atomic E-state index is 13.7. The summed E-state index contributed by atoms with van der Waals surface area (Å²) in [5.41, 5.74) is 1.00. The third-order valence-corrected chi connectivity index (χ3v) is 6.40. The van der Waals surface area contributed by atoms with E-state index in [2.05, 4.69) is 4.98 Å². The summed E-state index contributed by atoms with van der Waals surface area (Å²) in [6, 6.07) is 4.13. The number of nitrogens with zero attached hydrogens (tertiary/aromatic N) is 2. The molecule has 1 aliphatic heterocycles. The highest BCUT2D eigenvalue weighted by atomic mass is 32.2. The summed E-state index contributed by atoms with van der Waals surface area (Å²) >= 11 is 1.63. The summed E-state index contributed by atoms with van der Waals surface area (Å²) in [7, 11) is -3.91. The van der Waals surface area contributed by atoms with Crippen LogP contribution in [-0.2, 0) is 16.4 Å². The van der Waals surface area contributed by atoms with Crippen LogP contribution in [0.3, 0.4) is 0 Å². The van der Waals surface area contributed by atoms with Gasteiger partial charge < -0.3 is 0 Å². The van der Waals surface area contributed by atoms with Gasteiger partial charge in [0.1, 0.15) is 0 Å². The van der Waals surface area contributed by atoms with E-state index in [4.69, 9.17) is 0 Å². The van der Waals surface area contributed by atoms with E-state index >= 15 is 0 Å². The molecule has 1 atom stereocenters. The van der Waals surface area contributed by atoms with Crippen molar-refractivity contribution < 1.29 is 12.8 Å². The van der Waals surface area contributed by atoms with E-state index in [0.717, 1.165) is 11.6 Å². The van der Waals surface area contributed by atoms with Crippen molar-refractivity contribution in [2.45, 2.75) is 24.4 Å². The summed E-state index contributed by atoms with van der Waals surface area (Å²) in [6.07, 6.45) is 1.95. The first kappa shape index (κ1) is 13.7. The van der Waals surface area contributed by atoms with Gasteiger partial charge >= 0.3 is 0 Å². The molecule has 0 saturated heterocycles. The monoisotopic (exact) mass is 312 g/mol. The molecule has 0 bridgehead atoms. The van der Waals surface area contributed by atoms with Crippen LogP contribution in [-0.4, -0.2) is 24.3 Å². The zero-order chi connectivity index (χ0) is 14.3. The van der Waals surface area contributed by atoms with E-state index in [1.165, 1.54) is 21.4 Å². The Kier molecular flexibility index (Phi) is 3.35. The zero-order valence-electron chi connectivity index (χ0n) is 10.8. The van der Waals surface area contributed by atoms with Crippen molar-refractivity contribution in [2.75, 3.05) is 6.54 Å². The van der Waals surface area contributed by atoms with Crippen molar-refractivity contribution in [3.8, 4) is 0 Å². The van der Waals surface area contributed by atoms with Crippen LogP contribution in [0, 0.1) is 5.82 Å². The first-order valence-corrected chi connectivity index (χ1v) is 8.52. The lowest BCUT2D eigenvalue weighted by Crippen LogP contribution is -2.39. The second-order valence-electron chi connectivity index (χ2n) is 4.63. The van der Waals surface area contributed by atoms with E-state index < -0.39 is 20.9 Å². The fourth-order valence-electron chi connectivity index (χ4n) is 2.49. The highest BCUT2D eigenvalue weighted by molar-refractivity contribution is 7.89. The molecule has 0 fully saturated rings. The first-order chi connectivity index (χ1) is 9.51. The molecule has 0 N–H and O–H groups in total. The summed E-state index contributed by atoms with van der Waals surface area (Å²) in [6.45, 7) is 2.18. The lowest BCUT2D eigenvalue weighted by molar-refractivity contribution is 0.326. The van der Waals surface area contributed by atoms with Crippen molar-refractivity contribution in [2.24, 2.45) is 0 Å². The highest BCUT2D eigenvalue weighted by Crippen LogP contribution is 2.36. The van der Waals surface area contributed by atoms with Crippen LogP contribution in [0.2, 0.25) is 0 Å². The van der Waals surface area contributed by atoms with Crippen LogP contribution in [0.15, 0.2) is 34.8 Å². The minimum Gasteiger partial charge on any atom is -0.241 e. The Morgan fingerprint density at radius 3 is 3.00 bits per heavy atom. The van der Waals surface area contributed by atoms with Crippen LogP contribution >= 0.6 is 11.3 Å². The smallest absolute Gasteiger partial charge is 0.241 e. The Balaban J connectivity index is 2.04. The molecule has 7 heteroatoms. The van der Waals surface area contributed by atoms with Gasteiger partial charge in [-0.3, -0.25) is 0 Å². The standard InChI is InChI=1S/C13H13FN2O2S2/c1-9-10-5-8-19-12(10)4-7-16(9)20(17,18)13-11(14)3-2-6-15-13/h2-3,5-6,8-9H,4,7H2,1H3. The van der Waals surface area contributed by atoms with Crippen molar-refractivity contribution in [3.63, 3.8) is 0 Å². The predicted molar refractivity (Wildman–Crippen MR) is 74.5 cm³/mol. The van der Waals surface area contributed by atoms with Crippen molar-refractivity contribution in [1.29, 1.82) is 0 Å². The normalized spacial score (nSPS) is 19.8. The Morgan fingerprint density at radius 1 is 1.45 bits per heavy atom. The number of rotatable bonds is 2. The molecule has 4 nitrogen and oxygen atoms in total. The molecule has 1 unspecified atom stereocenters. The summed E-state index contributed by atoms with van der Waals surface area (Å²) < 4.78 is 40.2. The van der Waals surface area contributed by atoms with E-state index in [9.17, 15) is 12.8 Å². The Hall–Kier alpha value is -1.31. The quantitative estimate of drug-likeness (QED) is 0.856. The van der Waals surface area contributed by atoms with Gasteiger partial charge in [-0.05, 0) is 42.5 Å². The molecule has 0 saturated carbocycles. The minimum atomic E-state index is -3.91. The minimum absolute atomic E-state index is 0.295. The third kappa shape index (κ3) is 2.06. The molecule has 3 rings (SSSR count). The molecular formula is C13H13FN2O2S2. The summed E-state index contributed by atoms with van der Waals surface area (Å²) in [5.74, 6) is -0.809. The van der Waals surface area contributed by atoms with Gasteiger partial charge in [0.2, 0.25) is 5.03 Å². The van der Waals surface area contributed by atoms with Gasteiger partial charge in [-0.1, -0.05) is 0 Å². The largest absolute Gasteiger partial charge is 0.264 e. The van der Waals surface area contributed by atoms with E-state index in [1.807, 2.05) is 18.4 Å². The Morgan fingerprint density at radius 2 is 2.25 bits per heavy atom. The molecule has 1 aliphatic rings. The van der Waals surface area contributed by atoms with Crippen LogP contribution in [0.25, 0.3) is 0 Å². The van der Waals surface area contributed by atoms with Gasteiger partial charge in [0.25, 0.3) is 10.0 Å². The van der Waals surface area contributed by atoms with Gasteiger partial charge in [-0.2, -0.15) is 4.31 Å². The second kappa shape index (κ2) is 4.91. The van der Waals surface area contributed by atoms with Crippen molar-refractivity contribution in [1.82, 2.24) is 9.29 Å². The number of halogens is 1. The first-order valence-electron chi connectivity index (χ1n) is 6.20. The van der Waals surface area contributed by atoms with Crippen LogP contribution in [0.1, 0.15) is 23.4 Å². The number of aromatic nitrogens is 1. The van der Waals surface area contributed by atoms with Crippen LogP contribution in [0.5, 0.6) is 0 Å². The average molecular weight is 312 g/mol. The average Bonchev–Trinajstić information content (AvgIpc) is 2.88. The highest BCUT2D eigenvalue weighted by Gasteiger charge is 2.36. The predicted octanol–water partition coefficient (Wildman–Crippen LogP) is 2.59. The number of fused-ring (bicyclic) bond motifs is 1. The van der Waals surface area contributed by atoms with Gasteiger partial charge in [-0.25, -0.2) is 17.8 Å².